The van der Waals surface area contributed by atoms with Gasteiger partial charge in [-0.2, -0.15) is 0 Å². The van der Waals surface area contributed by atoms with E-state index in [2.05, 4.69) is 0 Å². The Bertz CT molecular complexity index is 578. The monoisotopic (exact) mass is 282 g/mol. The fourth-order valence-electron chi connectivity index (χ4n) is 1.96. The van der Waals surface area contributed by atoms with Crippen molar-refractivity contribution in [1.29, 1.82) is 0 Å². The van der Waals surface area contributed by atoms with Crippen molar-refractivity contribution in [3.05, 3.63) is 69.7 Å². The van der Waals surface area contributed by atoms with Gasteiger partial charge in [-0.1, -0.05) is 23.7 Å². The Morgan fingerprint density at radius 2 is 1.74 bits per heavy atom. The summed E-state index contributed by atoms with van der Waals surface area (Å²) in [5, 5.41) is 10.5. The summed E-state index contributed by atoms with van der Waals surface area (Å²) in [5.74, 6) is -1.31. The molecule has 1 atom stereocenters. The number of benzene rings is 2. The molecule has 0 aliphatic heterocycles. The number of hydrogen-bond acceptors (Lipinski definition) is 1. The number of aryl methyl sites for hydroxylation is 1. The van der Waals surface area contributed by atoms with Crippen molar-refractivity contribution in [1.82, 2.24) is 0 Å². The highest BCUT2D eigenvalue weighted by molar-refractivity contribution is 6.31. The minimum Gasteiger partial charge on any atom is -0.388 e. The molecule has 19 heavy (non-hydrogen) atoms. The molecule has 0 aromatic heterocycles. The molecule has 100 valence electrons. The average Bonchev–Trinajstić information content (AvgIpc) is 2.26. The first-order chi connectivity index (χ1) is 8.95. The summed E-state index contributed by atoms with van der Waals surface area (Å²) >= 11 is 6.05. The highest BCUT2D eigenvalue weighted by Gasteiger charge is 2.13. The van der Waals surface area contributed by atoms with Crippen LogP contribution in [-0.2, 0) is 6.42 Å². The summed E-state index contributed by atoms with van der Waals surface area (Å²) < 4.78 is 26.1. The van der Waals surface area contributed by atoms with Crippen LogP contribution in [0.15, 0.2) is 36.4 Å². The quantitative estimate of drug-likeness (QED) is 0.894. The molecule has 1 unspecified atom stereocenters. The molecular formula is C15H13ClF2O. The van der Waals surface area contributed by atoms with Crippen molar-refractivity contribution in [3.8, 4) is 0 Å². The summed E-state index contributed by atoms with van der Waals surface area (Å²) in [6, 6.07) is 8.50. The van der Waals surface area contributed by atoms with Crippen molar-refractivity contribution in [2.45, 2.75) is 19.4 Å². The maximum atomic E-state index is 13.1. The minimum atomic E-state index is -0.894. The fourth-order valence-corrected chi connectivity index (χ4v) is 2.33. The molecule has 0 radical (unpaired) electrons. The lowest BCUT2D eigenvalue weighted by atomic mass is 10.0. The lowest BCUT2D eigenvalue weighted by Gasteiger charge is -2.13. The van der Waals surface area contributed by atoms with Crippen molar-refractivity contribution in [2.24, 2.45) is 0 Å². The molecule has 0 saturated carbocycles. The van der Waals surface area contributed by atoms with Crippen LogP contribution in [-0.4, -0.2) is 5.11 Å². The Morgan fingerprint density at radius 1 is 1.11 bits per heavy atom. The van der Waals surface area contributed by atoms with Gasteiger partial charge < -0.3 is 5.11 Å². The third-order valence-electron chi connectivity index (χ3n) is 2.87. The van der Waals surface area contributed by atoms with Gasteiger partial charge in [-0.15, -0.1) is 0 Å². The maximum Gasteiger partial charge on any atom is 0.126 e. The van der Waals surface area contributed by atoms with Gasteiger partial charge in [0.2, 0.25) is 0 Å². The molecule has 2 aromatic rings. The number of aliphatic hydroxyl groups excluding tert-OH is 1. The van der Waals surface area contributed by atoms with Gasteiger partial charge in [-0.05, 0) is 41.8 Å². The molecule has 4 heteroatoms. The van der Waals surface area contributed by atoms with E-state index < -0.39 is 17.7 Å². The van der Waals surface area contributed by atoms with E-state index in [-0.39, 0.29) is 6.42 Å². The van der Waals surface area contributed by atoms with Crippen LogP contribution in [0.1, 0.15) is 22.8 Å². The van der Waals surface area contributed by atoms with E-state index in [9.17, 15) is 13.9 Å². The van der Waals surface area contributed by atoms with E-state index >= 15 is 0 Å². The molecule has 1 nitrogen and oxygen atoms in total. The Labute approximate surface area is 115 Å². The van der Waals surface area contributed by atoms with Crippen LogP contribution in [0.2, 0.25) is 5.02 Å². The SMILES string of the molecule is Cc1ccc(C(O)Cc2cc(F)cc(F)c2)c(Cl)c1. The molecule has 2 aromatic carbocycles. The smallest absolute Gasteiger partial charge is 0.126 e. The van der Waals surface area contributed by atoms with Gasteiger partial charge in [0.1, 0.15) is 11.6 Å². The molecule has 0 fully saturated rings. The second-order valence-electron chi connectivity index (χ2n) is 4.52. The first kappa shape index (κ1) is 14.0. The Morgan fingerprint density at radius 3 is 2.32 bits per heavy atom. The van der Waals surface area contributed by atoms with E-state index in [1.165, 1.54) is 12.1 Å². The molecule has 0 heterocycles. The van der Waals surface area contributed by atoms with Crippen molar-refractivity contribution in [2.75, 3.05) is 0 Å². The van der Waals surface area contributed by atoms with Gasteiger partial charge in [0.25, 0.3) is 0 Å². The molecule has 0 spiro atoms. The molecule has 1 N–H and O–H groups in total. The van der Waals surface area contributed by atoms with E-state index in [0.29, 0.717) is 16.1 Å². The zero-order valence-corrected chi connectivity index (χ0v) is 11.1. The lowest BCUT2D eigenvalue weighted by Crippen LogP contribution is -2.03. The van der Waals surface area contributed by atoms with Gasteiger partial charge in [0.05, 0.1) is 6.10 Å². The zero-order chi connectivity index (χ0) is 14.0. The number of rotatable bonds is 3. The molecule has 0 aliphatic rings. The van der Waals surface area contributed by atoms with Crippen LogP contribution >= 0.6 is 11.6 Å². The van der Waals surface area contributed by atoms with E-state index in [0.717, 1.165) is 11.6 Å². The molecule has 0 saturated heterocycles. The van der Waals surface area contributed by atoms with Gasteiger partial charge in [-0.3, -0.25) is 0 Å². The van der Waals surface area contributed by atoms with Gasteiger partial charge in [-0.25, -0.2) is 8.78 Å². The Kier molecular flexibility index (Phi) is 4.17. The van der Waals surface area contributed by atoms with Crippen LogP contribution in [0.5, 0.6) is 0 Å². The van der Waals surface area contributed by atoms with Crippen LogP contribution in [0, 0.1) is 18.6 Å². The van der Waals surface area contributed by atoms with E-state index in [1.54, 1.807) is 12.1 Å². The van der Waals surface area contributed by atoms with Gasteiger partial charge in [0, 0.05) is 17.5 Å². The summed E-state index contributed by atoms with van der Waals surface area (Å²) in [5.41, 5.74) is 1.93. The van der Waals surface area contributed by atoms with Crippen LogP contribution in [0.4, 0.5) is 8.78 Å². The molecule has 2 rings (SSSR count). The standard InChI is InChI=1S/C15H13ClF2O/c1-9-2-3-13(14(16)4-9)15(19)7-10-5-11(17)8-12(18)6-10/h2-6,8,15,19H,7H2,1H3. The number of halogens is 3. The summed E-state index contributed by atoms with van der Waals surface area (Å²) in [4.78, 5) is 0. The highest BCUT2D eigenvalue weighted by atomic mass is 35.5. The van der Waals surface area contributed by atoms with Gasteiger partial charge in [0.15, 0.2) is 0 Å². The summed E-state index contributed by atoms with van der Waals surface area (Å²) in [6.45, 7) is 1.89. The molecule has 0 amide bonds. The Balaban J connectivity index is 2.22. The molecule has 0 bridgehead atoms. The highest BCUT2D eigenvalue weighted by Crippen LogP contribution is 2.27. The normalized spacial score (nSPS) is 12.5. The maximum absolute atomic E-state index is 13.1. The second-order valence-corrected chi connectivity index (χ2v) is 4.93. The average molecular weight is 283 g/mol. The van der Waals surface area contributed by atoms with E-state index in [4.69, 9.17) is 11.6 Å². The minimum absolute atomic E-state index is 0.109. The topological polar surface area (TPSA) is 20.2 Å². The lowest BCUT2D eigenvalue weighted by molar-refractivity contribution is 0.178. The predicted molar refractivity (Wildman–Crippen MR) is 71.2 cm³/mol. The number of aliphatic hydroxyl groups is 1. The predicted octanol–water partition coefficient (Wildman–Crippen LogP) is 4.20. The molecule has 0 aliphatic carbocycles. The van der Waals surface area contributed by atoms with Crippen LogP contribution < -0.4 is 0 Å². The first-order valence-corrected chi connectivity index (χ1v) is 6.22. The fraction of sp³-hybridized carbons (Fsp3) is 0.200. The second kappa shape index (κ2) is 5.68. The van der Waals surface area contributed by atoms with Crippen molar-refractivity contribution < 1.29 is 13.9 Å². The third-order valence-corrected chi connectivity index (χ3v) is 3.19. The third kappa shape index (κ3) is 3.52. The van der Waals surface area contributed by atoms with Crippen LogP contribution in [0.3, 0.4) is 0 Å². The summed E-state index contributed by atoms with van der Waals surface area (Å²) in [7, 11) is 0. The summed E-state index contributed by atoms with van der Waals surface area (Å²) in [6.07, 6.45) is -0.786. The first-order valence-electron chi connectivity index (χ1n) is 5.85. The zero-order valence-electron chi connectivity index (χ0n) is 10.3. The molecular weight excluding hydrogens is 270 g/mol. The van der Waals surface area contributed by atoms with Crippen molar-refractivity contribution >= 4 is 11.6 Å². The van der Waals surface area contributed by atoms with Crippen LogP contribution in [0.25, 0.3) is 0 Å². The largest absolute Gasteiger partial charge is 0.388 e. The Hall–Kier alpha value is -1.45. The van der Waals surface area contributed by atoms with Crippen molar-refractivity contribution in [3.63, 3.8) is 0 Å². The van der Waals surface area contributed by atoms with E-state index in [1.807, 2.05) is 13.0 Å². The number of hydrogen-bond donors (Lipinski definition) is 1. The van der Waals surface area contributed by atoms with Gasteiger partial charge >= 0.3 is 0 Å².